The van der Waals surface area contributed by atoms with Crippen LogP contribution in [0, 0.1) is 11.3 Å². The Morgan fingerprint density at radius 3 is 2.75 bits per heavy atom. The Morgan fingerprint density at radius 1 is 1.56 bits per heavy atom. The highest BCUT2D eigenvalue weighted by molar-refractivity contribution is 7.08. The Hall–Kier alpha value is -0.670. The van der Waals surface area contributed by atoms with E-state index in [-0.39, 0.29) is 11.2 Å². The number of hydrogen-bond donors (Lipinski definition) is 1. The third kappa shape index (κ3) is 2.06. The van der Waals surface area contributed by atoms with E-state index in [1.807, 2.05) is 16.8 Å². The summed E-state index contributed by atoms with van der Waals surface area (Å²) in [7, 11) is 0. The molecule has 0 unspecified atom stereocenters. The number of hydrogen-bond acceptors (Lipinski definition) is 3. The highest BCUT2D eigenvalue weighted by atomic mass is 32.1. The first-order valence-corrected chi connectivity index (χ1v) is 6.89. The number of carbonyl (C=O) groups is 1. The summed E-state index contributed by atoms with van der Waals surface area (Å²) in [6.45, 7) is 2.75. The standard InChI is InChI=1S/C13H19NOS/c1-10-2-5-13(9-14,6-3-10)12(15)11-4-7-16-8-11/h4,7-8,10H,2-3,5-6,9,14H2,1H3. The van der Waals surface area contributed by atoms with E-state index < -0.39 is 0 Å². The quantitative estimate of drug-likeness (QED) is 0.821. The molecule has 1 aromatic heterocycles. The zero-order valence-electron chi connectivity index (χ0n) is 9.74. The molecule has 0 saturated heterocycles. The molecule has 0 radical (unpaired) electrons. The summed E-state index contributed by atoms with van der Waals surface area (Å²) >= 11 is 1.58. The van der Waals surface area contributed by atoms with Crippen LogP contribution >= 0.6 is 11.3 Å². The molecule has 0 aliphatic heterocycles. The summed E-state index contributed by atoms with van der Waals surface area (Å²) in [5, 5.41) is 3.90. The minimum atomic E-state index is -0.270. The smallest absolute Gasteiger partial charge is 0.171 e. The van der Waals surface area contributed by atoms with E-state index in [1.165, 1.54) is 0 Å². The first-order valence-electron chi connectivity index (χ1n) is 5.95. The SMILES string of the molecule is CC1CCC(CN)(C(=O)c2ccsc2)CC1. The van der Waals surface area contributed by atoms with E-state index in [0.717, 1.165) is 37.2 Å². The van der Waals surface area contributed by atoms with Gasteiger partial charge in [0.2, 0.25) is 0 Å². The van der Waals surface area contributed by atoms with E-state index in [0.29, 0.717) is 6.54 Å². The van der Waals surface area contributed by atoms with Crippen molar-refractivity contribution in [1.82, 2.24) is 0 Å². The monoisotopic (exact) mass is 237 g/mol. The van der Waals surface area contributed by atoms with Crippen LogP contribution in [0.25, 0.3) is 0 Å². The number of Topliss-reactive ketones (excluding diaryl/α,β-unsaturated/α-hetero) is 1. The van der Waals surface area contributed by atoms with Gasteiger partial charge in [-0.25, -0.2) is 0 Å². The summed E-state index contributed by atoms with van der Waals surface area (Å²) < 4.78 is 0. The van der Waals surface area contributed by atoms with Crippen LogP contribution in [-0.4, -0.2) is 12.3 Å². The van der Waals surface area contributed by atoms with Crippen LogP contribution in [0.15, 0.2) is 16.8 Å². The van der Waals surface area contributed by atoms with Crippen molar-refractivity contribution >= 4 is 17.1 Å². The van der Waals surface area contributed by atoms with Crippen LogP contribution in [0.2, 0.25) is 0 Å². The van der Waals surface area contributed by atoms with E-state index in [2.05, 4.69) is 6.92 Å². The molecule has 1 aliphatic rings. The molecule has 1 heterocycles. The molecule has 0 atom stereocenters. The van der Waals surface area contributed by atoms with Crippen molar-refractivity contribution in [2.24, 2.45) is 17.1 Å². The van der Waals surface area contributed by atoms with Gasteiger partial charge in [0.25, 0.3) is 0 Å². The molecule has 0 aromatic carbocycles. The minimum Gasteiger partial charge on any atom is -0.329 e. The van der Waals surface area contributed by atoms with E-state index in [9.17, 15) is 4.79 Å². The second-order valence-corrected chi connectivity index (χ2v) is 5.79. The lowest BCUT2D eigenvalue weighted by Crippen LogP contribution is -2.41. The van der Waals surface area contributed by atoms with Gasteiger partial charge < -0.3 is 5.73 Å². The summed E-state index contributed by atoms with van der Waals surface area (Å²) in [6.07, 6.45) is 4.18. The average Bonchev–Trinajstić information content (AvgIpc) is 2.83. The normalized spacial score (nSPS) is 30.2. The van der Waals surface area contributed by atoms with Gasteiger partial charge in [-0.1, -0.05) is 6.92 Å². The van der Waals surface area contributed by atoms with Gasteiger partial charge in [-0.05, 0) is 43.0 Å². The van der Waals surface area contributed by atoms with E-state index >= 15 is 0 Å². The van der Waals surface area contributed by atoms with Crippen LogP contribution in [0.3, 0.4) is 0 Å². The molecule has 0 bridgehead atoms. The Labute approximate surface area is 101 Å². The maximum Gasteiger partial charge on any atom is 0.171 e. The fourth-order valence-corrected chi connectivity index (χ4v) is 3.17. The third-order valence-corrected chi connectivity index (χ3v) is 4.57. The molecule has 2 nitrogen and oxygen atoms in total. The molecule has 1 aromatic rings. The predicted octanol–water partition coefficient (Wildman–Crippen LogP) is 3.09. The van der Waals surface area contributed by atoms with Gasteiger partial charge in [-0.15, -0.1) is 0 Å². The van der Waals surface area contributed by atoms with Crippen molar-refractivity contribution in [3.63, 3.8) is 0 Å². The van der Waals surface area contributed by atoms with Crippen molar-refractivity contribution < 1.29 is 4.79 Å². The van der Waals surface area contributed by atoms with Crippen LogP contribution in [0.5, 0.6) is 0 Å². The van der Waals surface area contributed by atoms with Crippen LogP contribution < -0.4 is 5.73 Å². The molecule has 1 aliphatic carbocycles. The van der Waals surface area contributed by atoms with Gasteiger partial charge in [-0.2, -0.15) is 11.3 Å². The van der Waals surface area contributed by atoms with Crippen LogP contribution in [0.1, 0.15) is 43.0 Å². The lowest BCUT2D eigenvalue weighted by Gasteiger charge is -2.37. The summed E-state index contributed by atoms with van der Waals surface area (Å²) in [4.78, 5) is 12.4. The van der Waals surface area contributed by atoms with E-state index in [1.54, 1.807) is 11.3 Å². The molecule has 1 fully saturated rings. The molecule has 1 saturated carbocycles. The Balaban J connectivity index is 2.19. The predicted molar refractivity (Wildman–Crippen MR) is 67.8 cm³/mol. The Morgan fingerprint density at radius 2 is 2.25 bits per heavy atom. The second-order valence-electron chi connectivity index (χ2n) is 5.01. The molecule has 0 amide bonds. The molecule has 2 rings (SSSR count). The topological polar surface area (TPSA) is 43.1 Å². The first-order chi connectivity index (χ1) is 7.68. The van der Waals surface area contributed by atoms with Gasteiger partial charge in [0.05, 0.1) is 0 Å². The highest BCUT2D eigenvalue weighted by Gasteiger charge is 2.40. The Bertz CT molecular complexity index is 350. The lowest BCUT2D eigenvalue weighted by molar-refractivity contribution is 0.0696. The average molecular weight is 237 g/mol. The lowest BCUT2D eigenvalue weighted by atomic mass is 9.67. The summed E-state index contributed by atoms with van der Waals surface area (Å²) in [6, 6.07) is 1.92. The fourth-order valence-electron chi connectivity index (χ4n) is 2.54. The van der Waals surface area contributed by atoms with Crippen molar-refractivity contribution in [1.29, 1.82) is 0 Å². The maximum absolute atomic E-state index is 12.4. The van der Waals surface area contributed by atoms with Gasteiger partial charge >= 0.3 is 0 Å². The summed E-state index contributed by atoms with van der Waals surface area (Å²) in [5.74, 6) is 1.01. The van der Waals surface area contributed by atoms with E-state index in [4.69, 9.17) is 5.73 Å². The minimum absolute atomic E-state index is 0.267. The number of nitrogens with two attached hydrogens (primary N) is 1. The second kappa shape index (κ2) is 4.68. The molecular formula is C13H19NOS. The zero-order chi connectivity index (χ0) is 11.6. The number of ketones is 1. The Kier molecular flexibility index (Phi) is 3.45. The fraction of sp³-hybridized carbons (Fsp3) is 0.615. The number of thiophene rings is 1. The molecular weight excluding hydrogens is 218 g/mol. The largest absolute Gasteiger partial charge is 0.329 e. The van der Waals surface area contributed by atoms with Gasteiger partial charge in [0, 0.05) is 22.9 Å². The van der Waals surface area contributed by atoms with Crippen LogP contribution in [-0.2, 0) is 0 Å². The molecule has 16 heavy (non-hydrogen) atoms. The first kappa shape index (κ1) is 11.8. The molecule has 2 N–H and O–H groups in total. The van der Waals surface area contributed by atoms with Crippen molar-refractivity contribution in [2.45, 2.75) is 32.6 Å². The van der Waals surface area contributed by atoms with Crippen molar-refractivity contribution in [3.8, 4) is 0 Å². The molecule has 3 heteroatoms. The number of carbonyl (C=O) groups excluding carboxylic acids is 1. The van der Waals surface area contributed by atoms with Crippen molar-refractivity contribution in [3.05, 3.63) is 22.4 Å². The van der Waals surface area contributed by atoms with Gasteiger partial charge in [0.1, 0.15) is 0 Å². The molecule has 88 valence electrons. The highest BCUT2D eigenvalue weighted by Crippen LogP contribution is 2.40. The third-order valence-electron chi connectivity index (χ3n) is 3.89. The summed E-state index contributed by atoms with van der Waals surface area (Å²) in [5.41, 5.74) is 6.45. The number of rotatable bonds is 3. The van der Waals surface area contributed by atoms with Gasteiger partial charge in [0.15, 0.2) is 5.78 Å². The maximum atomic E-state index is 12.4. The molecule has 0 spiro atoms. The van der Waals surface area contributed by atoms with Crippen LogP contribution in [0.4, 0.5) is 0 Å². The van der Waals surface area contributed by atoms with Crippen molar-refractivity contribution in [2.75, 3.05) is 6.54 Å². The van der Waals surface area contributed by atoms with Gasteiger partial charge in [-0.3, -0.25) is 4.79 Å². The zero-order valence-corrected chi connectivity index (χ0v) is 10.6.